The van der Waals surface area contributed by atoms with Crippen molar-refractivity contribution in [2.24, 2.45) is 0 Å². The van der Waals surface area contributed by atoms with Crippen molar-refractivity contribution in [1.82, 2.24) is 0 Å². The van der Waals surface area contributed by atoms with Gasteiger partial charge in [-0.2, -0.15) is 0 Å². The number of carbonyl (C=O) groups excluding carboxylic acids is 2. The second kappa shape index (κ2) is 18.8. The van der Waals surface area contributed by atoms with Crippen LogP contribution in [0.2, 0.25) is 0 Å². The minimum absolute atomic E-state index is 0.278. The summed E-state index contributed by atoms with van der Waals surface area (Å²) >= 11 is 0. The van der Waals surface area contributed by atoms with Crippen molar-refractivity contribution in [3.8, 4) is 0 Å². The summed E-state index contributed by atoms with van der Waals surface area (Å²) in [5.41, 5.74) is 0.569. The van der Waals surface area contributed by atoms with Gasteiger partial charge in [-0.15, -0.1) is 0 Å². The molecule has 162 valence electrons. The van der Waals surface area contributed by atoms with E-state index in [0.29, 0.717) is 12.2 Å². The van der Waals surface area contributed by atoms with E-state index in [1.54, 1.807) is 13.8 Å². The van der Waals surface area contributed by atoms with Crippen molar-refractivity contribution in [1.29, 1.82) is 0 Å². The molecule has 4 heteroatoms. The molecule has 28 heavy (non-hydrogen) atoms. The Morgan fingerprint density at radius 3 is 1.57 bits per heavy atom. The molecule has 0 radical (unpaired) electrons. The van der Waals surface area contributed by atoms with Gasteiger partial charge in [-0.1, -0.05) is 97.0 Å². The molecular formula is C24H42O4. The topological polar surface area (TPSA) is 52.6 Å². The lowest BCUT2D eigenvalue weighted by atomic mass is 10.0. The summed E-state index contributed by atoms with van der Waals surface area (Å²) in [6.45, 7) is 9.28. The second-order valence-electron chi connectivity index (χ2n) is 7.72. The Morgan fingerprint density at radius 2 is 1.14 bits per heavy atom. The second-order valence-corrected chi connectivity index (χ2v) is 7.72. The minimum Gasteiger partial charge on any atom is -0.462 e. The van der Waals surface area contributed by atoms with Crippen LogP contribution in [0.5, 0.6) is 0 Å². The van der Waals surface area contributed by atoms with Crippen LogP contribution in [0.25, 0.3) is 0 Å². The molecule has 0 aliphatic rings. The van der Waals surface area contributed by atoms with Gasteiger partial charge >= 0.3 is 11.9 Å². The van der Waals surface area contributed by atoms with Crippen molar-refractivity contribution in [2.45, 2.75) is 111 Å². The maximum atomic E-state index is 11.8. The zero-order chi connectivity index (χ0) is 21.0. The smallest absolute Gasteiger partial charge is 0.337 e. The SMILES string of the molecule is C=C(C)C(=O)OC=C(C)C(=O)OCCCCCCCCCCCCCCCC. The van der Waals surface area contributed by atoms with Crippen molar-refractivity contribution >= 4 is 11.9 Å². The van der Waals surface area contributed by atoms with Gasteiger partial charge in [-0.05, 0) is 20.3 Å². The van der Waals surface area contributed by atoms with E-state index < -0.39 is 11.9 Å². The predicted octanol–water partition coefficient (Wildman–Crippen LogP) is 7.03. The Kier molecular flexibility index (Phi) is 17.7. The van der Waals surface area contributed by atoms with Gasteiger partial charge in [0.15, 0.2) is 0 Å². The molecule has 0 aromatic carbocycles. The summed E-state index contributed by atoms with van der Waals surface area (Å²) in [7, 11) is 0. The summed E-state index contributed by atoms with van der Waals surface area (Å²) in [5.74, 6) is -0.983. The molecule has 0 aromatic heterocycles. The number of ether oxygens (including phenoxy) is 2. The van der Waals surface area contributed by atoms with E-state index in [1.165, 1.54) is 77.0 Å². The fourth-order valence-corrected chi connectivity index (χ4v) is 2.87. The molecule has 0 spiro atoms. The van der Waals surface area contributed by atoms with Gasteiger partial charge in [0.25, 0.3) is 0 Å². The summed E-state index contributed by atoms with van der Waals surface area (Å²) < 4.78 is 10.00. The first-order chi connectivity index (χ1) is 13.5. The van der Waals surface area contributed by atoms with E-state index in [9.17, 15) is 9.59 Å². The van der Waals surface area contributed by atoms with Gasteiger partial charge in [0.1, 0.15) is 6.26 Å². The molecule has 4 nitrogen and oxygen atoms in total. The van der Waals surface area contributed by atoms with E-state index in [4.69, 9.17) is 9.47 Å². The third-order valence-corrected chi connectivity index (χ3v) is 4.74. The summed E-state index contributed by atoms with van der Waals surface area (Å²) in [5, 5.41) is 0. The molecule has 0 aromatic rings. The number of hydrogen-bond donors (Lipinski definition) is 0. The molecule has 0 atom stereocenters. The third-order valence-electron chi connectivity index (χ3n) is 4.74. The van der Waals surface area contributed by atoms with Crippen LogP contribution in [-0.2, 0) is 19.1 Å². The Labute approximate surface area is 172 Å². The van der Waals surface area contributed by atoms with Gasteiger partial charge in [0, 0.05) is 5.57 Å². The van der Waals surface area contributed by atoms with E-state index in [-0.39, 0.29) is 5.57 Å². The molecule has 0 saturated heterocycles. The number of rotatable bonds is 18. The van der Waals surface area contributed by atoms with E-state index in [1.807, 2.05) is 0 Å². The standard InChI is InChI=1S/C24H42O4/c1-5-6-7-8-9-10-11-12-13-14-15-16-17-18-19-27-24(26)22(4)20-28-23(25)21(2)3/h20H,2,5-19H2,1,3-4H3. The molecule has 0 bridgehead atoms. The quantitative estimate of drug-likeness (QED) is 0.108. The van der Waals surface area contributed by atoms with Crippen molar-refractivity contribution < 1.29 is 19.1 Å². The van der Waals surface area contributed by atoms with E-state index in [2.05, 4.69) is 13.5 Å². The van der Waals surface area contributed by atoms with Crippen LogP contribution in [0.15, 0.2) is 24.0 Å². The Balaban J connectivity index is 3.43. The van der Waals surface area contributed by atoms with Crippen LogP contribution in [0.4, 0.5) is 0 Å². The highest BCUT2D eigenvalue weighted by Gasteiger charge is 2.08. The van der Waals surface area contributed by atoms with Crippen LogP contribution in [0.1, 0.15) is 111 Å². The number of carbonyl (C=O) groups is 2. The molecule has 0 heterocycles. The molecule has 0 N–H and O–H groups in total. The maximum Gasteiger partial charge on any atom is 0.337 e. The van der Waals surface area contributed by atoms with Crippen molar-refractivity contribution in [2.75, 3.05) is 6.61 Å². The van der Waals surface area contributed by atoms with Crippen LogP contribution < -0.4 is 0 Å². The lowest BCUT2D eigenvalue weighted by Crippen LogP contribution is -2.09. The number of unbranched alkanes of at least 4 members (excludes halogenated alkanes) is 13. The Morgan fingerprint density at radius 1 is 0.714 bits per heavy atom. The van der Waals surface area contributed by atoms with Crippen LogP contribution in [0.3, 0.4) is 0 Å². The monoisotopic (exact) mass is 394 g/mol. The summed E-state index contributed by atoms with van der Waals surface area (Å²) in [6, 6.07) is 0. The predicted molar refractivity (Wildman–Crippen MR) is 116 cm³/mol. The van der Waals surface area contributed by atoms with Gasteiger partial charge in [0.05, 0.1) is 12.2 Å². The minimum atomic E-state index is -0.542. The van der Waals surface area contributed by atoms with E-state index in [0.717, 1.165) is 19.1 Å². The molecule has 0 fully saturated rings. The lowest BCUT2D eigenvalue weighted by molar-refractivity contribution is -0.139. The molecular weight excluding hydrogens is 352 g/mol. The zero-order valence-electron chi connectivity index (χ0n) is 18.5. The fraction of sp³-hybridized carbons (Fsp3) is 0.750. The normalized spacial score (nSPS) is 11.3. The molecule has 0 amide bonds. The first-order valence-electron chi connectivity index (χ1n) is 11.2. The van der Waals surface area contributed by atoms with Gasteiger partial charge in [-0.3, -0.25) is 0 Å². The summed E-state index contributed by atoms with van der Waals surface area (Å²) in [6.07, 6.45) is 19.3. The Bertz CT molecular complexity index is 465. The first kappa shape index (κ1) is 26.4. The summed E-state index contributed by atoms with van der Waals surface area (Å²) in [4.78, 5) is 23.0. The van der Waals surface area contributed by atoms with Gasteiger partial charge < -0.3 is 9.47 Å². The van der Waals surface area contributed by atoms with Crippen LogP contribution >= 0.6 is 0 Å². The highest BCUT2D eigenvalue weighted by atomic mass is 16.5. The largest absolute Gasteiger partial charge is 0.462 e. The highest BCUT2D eigenvalue weighted by Crippen LogP contribution is 2.13. The highest BCUT2D eigenvalue weighted by molar-refractivity contribution is 5.90. The third kappa shape index (κ3) is 16.6. The lowest BCUT2D eigenvalue weighted by Gasteiger charge is -2.06. The maximum absolute atomic E-state index is 11.8. The molecule has 0 rings (SSSR count). The van der Waals surface area contributed by atoms with Crippen molar-refractivity contribution in [3.05, 3.63) is 24.0 Å². The molecule has 0 aliphatic carbocycles. The Hall–Kier alpha value is -1.58. The molecule has 0 aliphatic heterocycles. The number of esters is 2. The van der Waals surface area contributed by atoms with Crippen molar-refractivity contribution in [3.63, 3.8) is 0 Å². The average molecular weight is 395 g/mol. The average Bonchev–Trinajstić information content (AvgIpc) is 2.68. The molecule has 0 unspecified atom stereocenters. The molecule has 0 saturated carbocycles. The fourth-order valence-electron chi connectivity index (χ4n) is 2.87. The van der Waals surface area contributed by atoms with E-state index >= 15 is 0 Å². The van der Waals surface area contributed by atoms with Crippen LogP contribution in [0, 0.1) is 0 Å². The van der Waals surface area contributed by atoms with Gasteiger partial charge in [0.2, 0.25) is 0 Å². The first-order valence-corrected chi connectivity index (χ1v) is 11.2. The zero-order valence-corrected chi connectivity index (χ0v) is 18.5. The van der Waals surface area contributed by atoms with Crippen LogP contribution in [-0.4, -0.2) is 18.5 Å². The van der Waals surface area contributed by atoms with Gasteiger partial charge in [-0.25, -0.2) is 9.59 Å². The number of hydrogen-bond acceptors (Lipinski definition) is 4.